The minimum absolute atomic E-state index is 0.0745. The first-order valence-corrected chi connectivity index (χ1v) is 8.96. The first-order chi connectivity index (χ1) is 9.58. The molecule has 0 fully saturated rings. The van der Waals surface area contributed by atoms with Gasteiger partial charge in [0.1, 0.15) is 14.8 Å². The lowest BCUT2D eigenvalue weighted by molar-refractivity contribution is 0.0691. The van der Waals surface area contributed by atoms with E-state index in [2.05, 4.69) is 15.6 Å². The maximum Gasteiger partial charge on any atom is 0.355 e. The number of thiazole rings is 1. The number of carbonyl (C=O) groups excluding carboxylic acids is 1. The van der Waals surface area contributed by atoms with E-state index in [0.717, 1.165) is 17.6 Å². The number of nitrogens with one attached hydrogen (secondary N) is 2. The standard InChI is InChI=1S/C11H17N3O5S2/c1-6(5-21(3,18)19)12-11(17)13-7(2)9-14-8(4-20-9)10(15)16/h4,6-7H,5H2,1-3H3,(H,15,16)(H2,12,13,17). The highest BCUT2D eigenvalue weighted by molar-refractivity contribution is 7.90. The van der Waals surface area contributed by atoms with Crippen molar-refractivity contribution in [3.8, 4) is 0 Å². The minimum Gasteiger partial charge on any atom is -0.476 e. The maximum absolute atomic E-state index is 11.7. The van der Waals surface area contributed by atoms with Crippen LogP contribution in [0.25, 0.3) is 0 Å². The molecule has 1 aromatic rings. The second-order valence-electron chi connectivity index (χ2n) is 4.71. The molecule has 0 saturated carbocycles. The molecule has 0 bridgehead atoms. The Labute approximate surface area is 126 Å². The average Bonchev–Trinajstić information content (AvgIpc) is 2.74. The highest BCUT2D eigenvalue weighted by Gasteiger charge is 2.18. The number of rotatable bonds is 6. The summed E-state index contributed by atoms with van der Waals surface area (Å²) < 4.78 is 22.2. The highest BCUT2D eigenvalue weighted by atomic mass is 32.2. The van der Waals surface area contributed by atoms with Crippen molar-refractivity contribution in [2.75, 3.05) is 12.0 Å². The summed E-state index contributed by atoms with van der Waals surface area (Å²) in [6.45, 7) is 3.24. The van der Waals surface area contributed by atoms with E-state index >= 15 is 0 Å². The van der Waals surface area contributed by atoms with Crippen LogP contribution in [-0.4, -0.2) is 48.6 Å². The molecular formula is C11H17N3O5S2. The smallest absolute Gasteiger partial charge is 0.355 e. The molecular weight excluding hydrogens is 318 g/mol. The molecule has 0 saturated heterocycles. The van der Waals surface area contributed by atoms with Gasteiger partial charge in [-0.15, -0.1) is 11.3 Å². The predicted octanol–water partition coefficient (Wildman–Crippen LogP) is 0.635. The van der Waals surface area contributed by atoms with E-state index in [1.807, 2.05) is 0 Å². The largest absolute Gasteiger partial charge is 0.476 e. The fourth-order valence-electron chi connectivity index (χ4n) is 1.60. The number of nitrogens with zero attached hydrogens (tertiary/aromatic N) is 1. The molecule has 1 aromatic heterocycles. The Bertz CT molecular complexity index is 626. The fraction of sp³-hybridized carbons (Fsp3) is 0.545. The van der Waals surface area contributed by atoms with E-state index in [4.69, 9.17) is 5.11 Å². The van der Waals surface area contributed by atoms with Crippen molar-refractivity contribution < 1.29 is 23.1 Å². The SMILES string of the molecule is CC(CS(C)(=O)=O)NC(=O)NC(C)c1nc(C(=O)O)cs1. The zero-order valence-corrected chi connectivity index (χ0v) is 13.4. The van der Waals surface area contributed by atoms with Crippen LogP contribution in [0.1, 0.15) is 35.4 Å². The highest BCUT2D eigenvalue weighted by Crippen LogP contribution is 2.17. The summed E-state index contributed by atoms with van der Waals surface area (Å²) in [5, 5.41) is 15.7. The van der Waals surface area contributed by atoms with Gasteiger partial charge in [0.25, 0.3) is 0 Å². The number of aromatic nitrogens is 1. The van der Waals surface area contributed by atoms with Crippen LogP contribution in [0.3, 0.4) is 0 Å². The van der Waals surface area contributed by atoms with Crippen LogP contribution in [0.5, 0.6) is 0 Å². The van der Waals surface area contributed by atoms with Gasteiger partial charge in [-0.1, -0.05) is 0 Å². The molecule has 10 heteroatoms. The lowest BCUT2D eigenvalue weighted by Gasteiger charge is -2.16. The molecule has 2 atom stereocenters. The zero-order chi connectivity index (χ0) is 16.2. The molecule has 0 spiro atoms. The van der Waals surface area contributed by atoms with Crippen LogP contribution in [0.2, 0.25) is 0 Å². The first-order valence-electron chi connectivity index (χ1n) is 6.02. The van der Waals surface area contributed by atoms with Gasteiger partial charge >= 0.3 is 12.0 Å². The summed E-state index contributed by atoms with van der Waals surface area (Å²) in [5.74, 6) is -1.29. The van der Waals surface area contributed by atoms with Crippen LogP contribution in [-0.2, 0) is 9.84 Å². The van der Waals surface area contributed by atoms with Crippen LogP contribution in [0.15, 0.2) is 5.38 Å². The Morgan fingerprint density at radius 3 is 2.48 bits per heavy atom. The monoisotopic (exact) mass is 335 g/mol. The van der Waals surface area contributed by atoms with Gasteiger partial charge in [-0.05, 0) is 13.8 Å². The summed E-state index contributed by atoms with van der Waals surface area (Å²) in [6, 6.07) is -1.54. The predicted molar refractivity (Wildman–Crippen MR) is 78.3 cm³/mol. The lowest BCUT2D eigenvalue weighted by Crippen LogP contribution is -2.44. The van der Waals surface area contributed by atoms with E-state index in [-0.39, 0.29) is 11.4 Å². The van der Waals surface area contributed by atoms with Crippen molar-refractivity contribution in [2.24, 2.45) is 0 Å². The van der Waals surface area contributed by atoms with Crippen molar-refractivity contribution in [1.29, 1.82) is 0 Å². The Hall–Kier alpha value is -1.68. The van der Waals surface area contributed by atoms with Crippen molar-refractivity contribution in [1.82, 2.24) is 15.6 Å². The molecule has 2 unspecified atom stereocenters. The molecule has 0 aliphatic carbocycles. The van der Waals surface area contributed by atoms with Gasteiger partial charge in [0.2, 0.25) is 0 Å². The molecule has 21 heavy (non-hydrogen) atoms. The number of carboxylic acids is 1. The van der Waals surface area contributed by atoms with E-state index < -0.39 is 33.9 Å². The van der Waals surface area contributed by atoms with Gasteiger partial charge in [-0.25, -0.2) is 23.0 Å². The maximum atomic E-state index is 11.7. The second-order valence-corrected chi connectivity index (χ2v) is 7.78. The van der Waals surface area contributed by atoms with Gasteiger partial charge in [-0.3, -0.25) is 0 Å². The third-order valence-electron chi connectivity index (χ3n) is 2.39. The third kappa shape index (κ3) is 6.08. The van der Waals surface area contributed by atoms with Crippen molar-refractivity contribution in [3.63, 3.8) is 0 Å². The summed E-state index contributed by atoms with van der Waals surface area (Å²) in [6.07, 6.45) is 1.09. The number of sulfone groups is 1. The number of aromatic carboxylic acids is 1. The molecule has 0 radical (unpaired) electrons. The molecule has 1 rings (SSSR count). The Kier molecular flexibility index (Phi) is 5.67. The van der Waals surface area contributed by atoms with Gasteiger partial charge in [0.15, 0.2) is 5.69 Å². The fourth-order valence-corrected chi connectivity index (χ4v) is 3.40. The number of urea groups is 1. The summed E-state index contributed by atoms with van der Waals surface area (Å²) in [4.78, 5) is 26.3. The van der Waals surface area contributed by atoms with Crippen LogP contribution < -0.4 is 10.6 Å². The summed E-state index contributed by atoms with van der Waals surface area (Å²) in [5.41, 5.74) is -0.0745. The molecule has 0 aromatic carbocycles. The first kappa shape index (κ1) is 17.4. The van der Waals surface area contributed by atoms with Gasteiger partial charge in [0.05, 0.1) is 11.8 Å². The molecule has 3 N–H and O–H groups in total. The Morgan fingerprint density at radius 2 is 2.00 bits per heavy atom. The van der Waals surface area contributed by atoms with E-state index in [1.165, 1.54) is 5.38 Å². The molecule has 8 nitrogen and oxygen atoms in total. The van der Waals surface area contributed by atoms with Crippen molar-refractivity contribution >= 4 is 33.2 Å². The topological polar surface area (TPSA) is 125 Å². The third-order valence-corrected chi connectivity index (χ3v) is 4.52. The van der Waals surface area contributed by atoms with Crippen molar-refractivity contribution in [2.45, 2.75) is 25.9 Å². The summed E-state index contributed by atoms with van der Waals surface area (Å²) >= 11 is 1.13. The lowest BCUT2D eigenvalue weighted by atomic mass is 10.3. The Morgan fingerprint density at radius 1 is 1.38 bits per heavy atom. The zero-order valence-electron chi connectivity index (χ0n) is 11.8. The average molecular weight is 335 g/mol. The van der Waals surface area contributed by atoms with E-state index in [1.54, 1.807) is 13.8 Å². The molecule has 2 amide bonds. The van der Waals surface area contributed by atoms with Gasteiger partial charge in [-0.2, -0.15) is 0 Å². The van der Waals surface area contributed by atoms with Gasteiger partial charge in [0, 0.05) is 17.7 Å². The number of carbonyl (C=O) groups is 2. The van der Waals surface area contributed by atoms with E-state index in [9.17, 15) is 18.0 Å². The number of amides is 2. The minimum atomic E-state index is -3.17. The molecule has 0 aliphatic rings. The van der Waals surface area contributed by atoms with Crippen LogP contribution in [0, 0.1) is 0 Å². The molecule has 118 valence electrons. The molecule has 0 aliphatic heterocycles. The van der Waals surface area contributed by atoms with Crippen molar-refractivity contribution in [3.05, 3.63) is 16.1 Å². The Balaban J connectivity index is 2.55. The molecule has 1 heterocycles. The number of carboxylic acid groups (broad SMARTS) is 1. The normalized spacial score (nSPS) is 14.2. The van der Waals surface area contributed by atoms with E-state index in [0.29, 0.717) is 5.01 Å². The number of hydrogen-bond acceptors (Lipinski definition) is 6. The number of hydrogen-bond donors (Lipinski definition) is 3. The summed E-state index contributed by atoms with van der Waals surface area (Å²) in [7, 11) is -3.17. The van der Waals surface area contributed by atoms with Gasteiger partial charge < -0.3 is 15.7 Å². The quantitative estimate of drug-likeness (QED) is 0.700. The van der Waals surface area contributed by atoms with Crippen LogP contribution in [0.4, 0.5) is 4.79 Å². The second kappa shape index (κ2) is 6.85. The van der Waals surface area contributed by atoms with Crippen LogP contribution >= 0.6 is 11.3 Å².